The van der Waals surface area contributed by atoms with E-state index in [1.54, 1.807) is 0 Å². The van der Waals surface area contributed by atoms with Crippen LogP contribution in [0, 0.1) is 5.41 Å². The van der Waals surface area contributed by atoms with Crippen molar-refractivity contribution in [3.8, 4) is 5.75 Å². The molecule has 3 rings (SSSR count). The minimum absolute atomic E-state index is 0.0267. The van der Waals surface area contributed by atoms with Gasteiger partial charge in [-0.2, -0.15) is 0 Å². The van der Waals surface area contributed by atoms with E-state index in [0.717, 1.165) is 24.5 Å². The Morgan fingerprint density at radius 3 is 2.57 bits per heavy atom. The van der Waals surface area contributed by atoms with E-state index in [0.29, 0.717) is 39.2 Å². The summed E-state index contributed by atoms with van der Waals surface area (Å²) in [5.74, 6) is 0.763. The maximum Gasteiger partial charge on any atom is 0.232 e. The van der Waals surface area contributed by atoms with E-state index in [4.69, 9.17) is 19.9 Å². The molecule has 1 unspecified atom stereocenters. The van der Waals surface area contributed by atoms with Gasteiger partial charge in [-0.15, -0.1) is 0 Å². The van der Waals surface area contributed by atoms with Gasteiger partial charge in [0.2, 0.25) is 5.91 Å². The number of rotatable bonds is 5. The van der Waals surface area contributed by atoms with Crippen LogP contribution in [0.15, 0.2) is 24.3 Å². The Kier molecular flexibility index (Phi) is 5.15. The highest BCUT2D eigenvalue weighted by Crippen LogP contribution is 2.31. The van der Waals surface area contributed by atoms with Gasteiger partial charge in [-0.05, 0) is 37.1 Å². The second-order valence-corrected chi connectivity index (χ2v) is 6.18. The van der Waals surface area contributed by atoms with Crippen LogP contribution in [0.5, 0.6) is 5.75 Å². The van der Waals surface area contributed by atoms with Gasteiger partial charge in [0.15, 0.2) is 0 Å². The first-order chi connectivity index (χ1) is 11.2. The smallest absolute Gasteiger partial charge is 0.232 e. The molecule has 0 radical (unpaired) electrons. The Hall–Kier alpha value is -1.63. The minimum Gasteiger partial charge on any atom is -0.488 e. The lowest BCUT2D eigenvalue weighted by atomic mass is 9.79. The Morgan fingerprint density at radius 2 is 1.96 bits per heavy atom. The zero-order valence-electron chi connectivity index (χ0n) is 13.3. The van der Waals surface area contributed by atoms with Crippen LogP contribution in [-0.2, 0) is 14.3 Å². The first kappa shape index (κ1) is 16.2. The molecular formula is C17H24N2O4. The van der Waals surface area contributed by atoms with E-state index in [1.165, 1.54) is 0 Å². The average molecular weight is 320 g/mol. The summed E-state index contributed by atoms with van der Waals surface area (Å²) < 4.78 is 16.5. The molecule has 2 heterocycles. The van der Waals surface area contributed by atoms with Crippen molar-refractivity contribution in [2.24, 2.45) is 11.1 Å². The first-order valence-corrected chi connectivity index (χ1v) is 8.16. The molecule has 0 aromatic heterocycles. The van der Waals surface area contributed by atoms with Crippen molar-refractivity contribution in [2.75, 3.05) is 38.3 Å². The van der Waals surface area contributed by atoms with E-state index in [-0.39, 0.29) is 12.0 Å². The summed E-state index contributed by atoms with van der Waals surface area (Å²) in [7, 11) is 0. The summed E-state index contributed by atoms with van der Waals surface area (Å²) in [6, 6.07) is 7.44. The van der Waals surface area contributed by atoms with E-state index in [1.807, 2.05) is 24.3 Å². The summed E-state index contributed by atoms with van der Waals surface area (Å²) in [5, 5.41) is 2.97. The van der Waals surface area contributed by atoms with Crippen molar-refractivity contribution >= 4 is 11.6 Å². The van der Waals surface area contributed by atoms with Crippen LogP contribution < -0.4 is 15.8 Å². The summed E-state index contributed by atoms with van der Waals surface area (Å²) >= 11 is 0. The first-order valence-electron chi connectivity index (χ1n) is 8.16. The molecule has 126 valence electrons. The fraction of sp³-hybridized carbons (Fsp3) is 0.588. The van der Waals surface area contributed by atoms with Crippen molar-refractivity contribution in [2.45, 2.75) is 25.4 Å². The van der Waals surface area contributed by atoms with Crippen molar-refractivity contribution in [3.05, 3.63) is 24.3 Å². The fourth-order valence-electron chi connectivity index (χ4n) is 2.96. The van der Waals surface area contributed by atoms with Gasteiger partial charge in [0.05, 0.1) is 18.6 Å². The number of nitrogens with one attached hydrogen (secondary N) is 1. The highest BCUT2D eigenvalue weighted by atomic mass is 16.5. The number of hydrogen-bond acceptors (Lipinski definition) is 5. The number of amides is 1. The maximum absolute atomic E-state index is 12.6. The van der Waals surface area contributed by atoms with Gasteiger partial charge in [-0.3, -0.25) is 4.79 Å². The van der Waals surface area contributed by atoms with E-state index in [9.17, 15) is 4.79 Å². The molecule has 1 aromatic carbocycles. The number of carbonyl (C=O) groups is 1. The summed E-state index contributed by atoms with van der Waals surface area (Å²) in [6.45, 7) is 2.90. The average Bonchev–Trinajstić information content (AvgIpc) is 3.10. The van der Waals surface area contributed by atoms with Crippen molar-refractivity contribution in [1.29, 1.82) is 0 Å². The van der Waals surface area contributed by atoms with Crippen molar-refractivity contribution in [3.63, 3.8) is 0 Å². The summed E-state index contributed by atoms with van der Waals surface area (Å²) in [4.78, 5) is 12.6. The Morgan fingerprint density at radius 1 is 1.22 bits per heavy atom. The van der Waals surface area contributed by atoms with Crippen LogP contribution in [0.4, 0.5) is 5.69 Å². The number of benzene rings is 1. The zero-order valence-corrected chi connectivity index (χ0v) is 13.3. The predicted octanol–water partition coefficient (Wildman–Crippen LogP) is 1.55. The lowest BCUT2D eigenvalue weighted by molar-refractivity contribution is -0.130. The number of nitrogens with two attached hydrogens (primary N) is 1. The van der Waals surface area contributed by atoms with Crippen LogP contribution in [0.2, 0.25) is 0 Å². The quantitative estimate of drug-likeness (QED) is 0.860. The highest BCUT2D eigenvalue weighted by molar-refractivity contribution is 5.95. The SMILES string of the molecule is NCC1(C(=O)Nc2ccc(OC3CCOC3)cc2)CCOCC1. The highest BCUT2D eigenvalue weighted by Gasteiger charge is 2.38. The van der Waals surface area contributed by atoms with Crippen LogP contribution >= 0.6 is 0 Å². The molecule has 1 atom stereocenters. The van der Waals surface area contributed by atoms with E-state index < -0.39 is 5.41 Å². The predicted molar refractivity (Wildman–Crippen MR) is 86.5 cm³/mol. The molecular weight excluding hydrogens is 296 g/mol. The van der Waals surface area contributed by atoms with Gasteiger partial charge in [0.1, 0.15) is 11.9 Å². The Balaban J connectivity index is 1.59. The maximum atomic E-state index is 12.6. The molecule has 1 aromatic rings. The molecule has 0 bridgehead atoms. The van der Waals surface area contributed by atoms with Crippen LogP contribution in [0.25, 0.3) is 0 Å². The fourth-order valence-corrected chi connectivity index (χ4v) is 2.96. The van der Waals surface area contributed by atoms with Gasteiger partial charge >= 0.3 is 0 Å². The third-order valence-electron chi connectivity index (χ3n) is 4.63. The van der Waals surface area contributed by atoms with Gasteiger partial charge in [0.25, 0.3) is 0 Å². The molecule has 1 amide bonds. The molecule has 23 heavy (non-hydrogen) atoms. The van der Waals surface area contributed by atoms with Gasteiger partial charge in [-0.1, -0.05) is 0 Å². The van der Waals surface area contributed by atoms with E-state index in [2.05, 4.69) is 5.32 Å². The van der Waals surface area contributed by atoms with E-state index >= 15 is 0 Å². The molecule has 2 saturated heterocycles. The largest absolute Gasteiger partial charge is 0.488 e. The topological polar surface area (TPSA) is 82.8 Å². The number of ether oxygens (including phenoxy) is 3. The number of anilines is 1. The zero-order chi connectivity index (χ0) is 16.1. The lowest BCUT2D eigenvalue weighted by Crippen LogP contribution is -2.46. The third-order valence-corrected chi connectivity index (χ3v) is 4.63. The molecule has 3 N–H and O–H groups in total. The number of carbonyl (C=O) groups excluding carboxylic acids is 1. The minimum atomic E-state index is -0.519. The monoisotopic (exact) mass is 320 g/mol. The van der Waals surface area contributed by atoms with Gasteiger partial charge < -0.3 is 25.3 Å². The molecule has 6 heteroatoms. The van der Waals surface area contributed by atoms with Crippen LogP contribution in [0.1, 0.15) is 19.3 Å². The van der Waals surface area contributed by atoms with Gasteiger partial charge in [0, 0.05) is 31.9 Å². The second-order valence-electron chi connectivity index (χ2n) is 6.18. The lowest BCUT2D eigenvalue weighted by Gasteiger charge is -2.34. The van der Waals surface area contributed by atoms with Crippen LogP contribution in [0.3, 0.4) is 0 Å². The molecule has 2 aliphatic heterocycles. The summed E-state index contributed by atoms with van der Waals surface area (Å²) in [6.07, 6.45) is 2.37. The third kappa shape index (κ3) is 3.83. The van der Waals surface area contributed by atoms with Crippen molar-refractivity contribution < 1.29 is 19.0 Å². The van der Waals surface area contributed by atoms with Crippen LogP contribution in [-0.4, -0.2) is 45.0 Å². The van der Waals surface area contributed by atoms with Crippen molar-refractivity contribution in [1.82, 2.24) is 0 Å². The molecule has 2 aliphatic rings. The number of hydrogen-bond donors (Lipinski definition) is 2. The van der Waals surface area contributed by atoms with Gasteiger partial charge in [-0.25, -0.2) is 0 Å². The molecule has 2 fully saturated rings. The molecule has 0 spiro atoms. The molecule has 0 aliphatic carbocycles. The molecule has 0 saturated carbocycles. The standard InChI is InChI=1S/C17H24N2O4/c18-12-17(6-9-21-10-7-17)16(20)19-13-1-3-14(4-2-13)23-15-5-8-22-11-15/h1-4,15H,5-12,18H2,(H,19,20). The normalized spacial score (nSPS) is 23.4. The Labute approximate surface area is 136 Å². The Bertz CT molecular complexity index is 520. The summed E-state index contributed by atoms with van der Waals surface area (Å²) in [5.41, 5.74) is 6.09. The molecule has 6 nitrogen and oxygen atoms in total. The second kappa shape index (κ2) is 7.29.